The van der Waals surface area contributed by atoms with Crippen molar-refractivity contribution in [2.75, 3.05) is 13.3 Å². The highest BCUT2D eigenvalue weighted by molar-refractivity contribution is 7.35. The lowest BCUT2D eigenvalue weighted by Gasteiger charge is -1.93. The van der Waals surface area contributed by atoms with Gasteiger partial charge in [-0.05, 0) is 38.3 Å². The van der Waals surface area contributed by atoms with Gasteiger partial charge in [-0.15, -0.1) is 0 Å². The van der Waals surface area contributed by atoms with E-state index in [-0.39, 0.29) is 0 Å². The smallest absolute Gasteiger partial charge is 0.0395 e. The van der Waals surface area contributed by atoms with Crippen LogP contribution in [0.1, 0.15) is 11.1 Å². The van der Waals surface area contributed by atoms with Crippen molar-refractivity contribution >= 4 is 8.58 Å². The summed E-state index contributed by atoms with van der Waals surface area (Å²) in [5.74, 6) is 0. The Labute approximate surface area is 71.8 Å². The lowest BCUT2D eigenvalue weighted by Crippen LogP contribution is -1.74. The Hall–Kier alpha value is -0.350. The molecule has 0 amide bonds. The Balaban J connectivity index is 0.000000292. The van der Waals surface area contributed by atoms with Gasteiger partial charge in [0.15, 0.2) is 0 Å². The molecule has 1 aromatic rings. The Bertz CT molecular complexity index is 173. The molecule has 0 heterocycles. The number of aryl methyl sites for hydroxylation is 2. The minimum absolute atomic E-state index is 1.37. The first-order valence-corrected chi connectivity index (χ1v) is 5.51. The molecule has 0 fully saturated rings. The van der Waals surface area contributed by atoms with Crippen LogP contribution in [0.5, 0.6) is 0 Å². The van der Waals surface area contributed by atoms with Gasteiger partial charge in [0.05, 0.1) is 0 Å². The zero-order chi connectivity index (χ0) is 8.69. The highest BCUT2D eigenvalue weighted by Gasteiger charge is 1.83. The zero-order valence-electron chi connectivity index (χ0n) is 7.76. The molecule has 0 bridgehead atoms. The van der Waals surface area contributed by atoms with Crippen molar-refractivity contribution in [3.63, 3.8) is 0 Å². The normalized spacial score (nSPS) is 8.36. The van der Waals surface area contributed by atoms with Crippen molar-refractivity contribution in [2.45, 2.75) is 13.8 Å². The average molecular weight is 167 g/mol. The fourth-order valence-corrected chi connectivity index (χ4v) is 0.663. The molecule has 0 unspecified atom stereocenters. The number of hydrogen-bond acceptors (Lipinski definition) is 0. The molecule has 0 aliphatic heterocycles. The van der Waals surface area contributed by atoms with Crippen LogP contribution < -0.4 is 0 Å². The molecule has 0 aromatic heterocycles. The Kier molecular flexibility index (Phi) is 6.16. The van der Waals surface area contributed by atoms with Gasteiger partial charge in [-0.1, -0.05) is 32.8 Å². The first-order chi connectivity index (χ1) is 5.22. The maximum absolute atomic E-state index is 2.12. The van der Waals surface area contributed by atoms with Gasteiger partial charge < -0.3 is 0 Å². The first-order valence-electron chi connectivity index (χ1n) is 3.72. The van der Waals surface area contributed by atoms with Crippen LogP contribution in [-0.4, -0.2) is 13.3 Å². The summed E-state index contributed by atoms with van der Waals surface area (Å²) >= 11 is 0. The second kappa shape index (κ2) is 6.37. The maximum Gasteiger partial charge on any atom is -0.0395 e. The van der Waals surface area contributed by atoms with Gasteiger partial charge in [0, 0.05) is 0 Å². The Morgan fingerprint density at radius 2 is 1.18 bits per heavy atom. The summed E-state index contributed by atoms with van der Waals surface area (Å²) < 4.78 is 0. The summed E-state index contributed by atoms with van der Waals surface area (Å²) in [6, 6.07) is 8.36. The fourth-order valence-electron chi connectivity index (χ4n) is 0.663. The third-order valence-corrected chi connectivity index (χ3v) is 1.43. The van der Waals surface area contributed by atoms with E-state index in [0.717, 1.165) is 0 Å². The van der Waals surface area contributed by atoms with E-state index in [4.69, 9.17) is 0 Å². The van der Waals surface area contributed by atoms with Crippen molar-refractivity contribution in [1.29, 1.82) is 0 Å². The SMILES string of the molecule is C[P]C.Cc1ccccc1C. The van der Waals surface area contributed by atoms with E-state index in [1.54, 1.807) is 0 Å². The minimum atomic E-state index is 1.37. The molecule has 0 N–H and O–H groups in total. The number of hydrogen-bond donors (Lipinski definition) is 0. The van der Waals surface area contributed by atoms with Crippen LogP contribution >= 0.6 is 8.58 Å². The minimum Gasteiger partial charge on any atom is -0.0879 e. The van der Waals surface area contributed by atoms with E-state index >= 15 is 0 Å². The maximum atomic E-state index is 2.12. The van der Waals surface area contributed by atoms with Crippen LogP contribution in [0.15, 0.2) is 24.3 Å². The Morgan fingerprint density at radius 3 is 1.36 bits per heavy atom. The lowest BCUT2D eigenvalue weighted by molar-refractivity contribution is 1.34. The zero-order valence-corrected chi connectivity index (χ0v) is 8.65. The van der Waals surface area contributed by atoms with E-state index in [1.165, 1.54) is 19.7 Å². The molecule has 0 aliphatic carbocycles. The second-order valence-corrected chi connectivity index (χ2v) is 3.43. The van der Waals surface area contributed by atoms with E-state index in [9.17, 15) is 0 Å². The number of rotatable bonds is 0. The summed E-state index contributed by atoms with van der Waals surface area (Å²) in [5.41, 5.74) is 2.74. The highest BCUT2D eigenvalue weighted by Crippen LogP contribution is 2.02. The molecule has 1 radical (unpaired) electrons. The molecule has 0 atom stereocenters. The summed E-state index contributed by atoms with van der Waals surface area (Å²) in [7, 11) is 1.42. The molecule has 61 valence electrons. The second-order valence-electron chi connectivity index (χ2n) is 2.53. The van der Waals surface area contributed by atoms with E-state index < -0.39 is 0 Å². The quantitative estimate of drug-likeness (QED) is 0.519. The van der Waals surface area contributed by atoms with Crippen molar-refractivity contribution in [3.05, 3.63) is 35.4 Å². The average Bonchev–Trinajstić information content (AvgIpc) is 1.97. The molecule has 0 saturated heterocycles. The van der Waals surface area contributed by atoms with Gasteiger partial charge in [0.25, 0.3) is 0 Å². The third-order valence-electron chi connectivity index (χ3n) is 1.43. The molecular formula is C10H16P. The predicted octanol–water partition coefficient (Wildman–Crippen LogP) is 3.50. The standard InChI is InChI=1S/C8H10.C2H6P/c1-7-5-3-4-6-8(7)2;1-3-2/h3-6H,1-2H3;1-2H3. The molecule has 0 aliphatic rings. The van der Waals surface area contributed by atoms with E-state index in [0.29, 0.717) is 0 Å². The van der Waals surface area contributed by atoms with Gasteiger partial charge in [-0.3, -0.25) is 0 Å². The predicted molar refractivity (Wildman–Crippen MR) is 54.7 cm³/mol. The van der Waals surface area contributed by atoms with Crippen molar-refractivity contribution < 1.29 is 0 Å². The molecule has 0 nitrogen and oxygen atoms in total. The van der Waals surface area contributed by atoms with Crippen LogP contribution in [0.2, 0.25) is 0 Å². The third kappa shape index (κ3) is 4.98. The molecular weight excluding hydrogens is 151 g/mol. The van der Waals surface area contributed by atoms with Crippen LogP contribution in [0, 0.1) is 13.8 Å². The topological polar surface area (TPSA) is 0 Å². The van der Waals surface area contributed by atoms with Crippen LogP contribution in [-0.2, 0) is 0 Å². The van der Waals surface area contributed by atoms with Gasteiger partial charge in [-0.25, -0.2) is 0 Å². The lowest BCUT2D eigenvalue weighted by atomic mass is 10.1. The molecule has 1 aromatic carbocycles. The van der Waals surface area contributed by atoms with Gasteiger partial charge in [0.1, 0.15) is 0 Å². The highest BCUT2D eigenvalue weighted by atomic mass is 31.1. The van der Waals surface area contributed by atoms with Crippen LogP contribution in [0.4, 0.5) is 0 Å². The van der Waals surface area contributed by atoms with E-state index in [2.05, 4.69) is 51.4 Å². The van der Waals surface area contributed by atoms with Crippen LogP contribution in [0.25, 0.3) is 0 Å². The Morgan fingerprint density at radius 1 is 0.909 bits per heavy atom. The van der Waals surface area contributed by atoms with Gasteiger partial charge >= 0.3 is 0 Å². The summed E-state index contributed by atoms with van der Waals surface area (Å²) in [6.45, 7) is 8.44. The van der Waals surface area contributed by atoms with E-state index in [1.807, 2.05) is 0 Å². The summed E-state index contributed by atoms with van der Waals surface area (Å²) in [5, 5.41) is 0. The van der Waals surface area contributed by atoms with Crippen molar-refractivity contribution in [1.82, 2.24) is 0 Å². The molecule has 11 heavy (non-hydrogen) atoms. The van der Waals surface area contributed by atoms with Gasteiger partial charge in [0.2, 0.25) is 0 Å². The number of benzene rings is 1. The summed E-state index contributed by atoms with van der Waals surface area (Å²) in [4.78, 5) is 0. The molecule has 1 heteroatoms. The van der Waals surface area contributed by atoms with Crippen molar-refractivity contribution in [2.24, 2.45) is 0 Å². The largest absolute Gasteiger partial charge is 0.0879 e. The van der Waals surface area contributed by atoms with Gasteiger partial charge in [-0.2, -0.15) is 0 Å². The first kappa shape index (κ1) is 10.7. The fraction of sp³-hybridized carbons (Fsp3) is 0.400. The summed E-state index contributed by atoms with van der Waals surface area (Å²) in [6.07, 6.45) is 0. The van der Waals surface area contributed by atoms with Crippen molar-refractivity contribution in [3.8, 4) is 0 Å². The van der Waals surface area contributed by atoms with Crippen LogP contribution in [0.3, 0.4) is 0 Å². The molecule has 1 rings (SSSR count). The molecule has 0 spiro atoms. The molecule has 0 saturated carbocycles. The monoisotopic (exact) mass is 167 g/mol.